The summed E-state index contributed by atoms with van der Waals surface area (Å²) >= 11 is 0. The number of carbonyl (C=O) groups excluding carboxylic acids is 1. The fourth-order valence-electron chi connectivity index (χ4n) is 6.00. The molecule has 1 amide bonds. The van der Waals surface area contributed by atoms with Crippen LogP contribution in [0.4, 0.5) is 26.5 Å². The number of halogens is 1. The smallest absolute Gasteiger partial charge is 0.409 e. The van der Waals surface area contributed by atoms with Crippen molar-refractivity contribution in [2.75, 3.05) is 76.4 Å². The number of rotatable bonds is 11. The summed E-state index contributed by atoms with van der Waals surface area (Å²) in [7, 11) is 1.66. The van der Waals surface area contributed by atoms with Crippen molar-refractivity contribution in [3.63, 3.8) is 0 Å². The first-order valence-corrected chi connectivity index (χ1v) is 16.4. The van der Waals surface area contributed by atoms with E-state index in [-0.39, 0.29) is 24.3 Å². The average molecular weight is 661 g/mol. The standard InChI is InChI=1S/C34H41FN8O5/c1-3-4-15-47-34(44)43-10-9-30(27(35)19-43)48-29-8-5-23(16-24(29)18-36)32-37-22-38-33(40-32)39-25-6-7-28(31(17-25)45-2)42-13-11-41(12-14-42)26-20-46-21-26/h5-8,16-17,22,26-27,30H,3-4,9-15,19-21H2,1-2H3,(H,37,38,39,40). The molecule has 0 aliphatic carbocycles. The number of hydrogen-bond acceptors (Lipinski definition) is 12. The molecule has 3 aliphatic heterocycles. The fourth-order valence-corrected chi connectivity index (χ4v) is 6.00. The maximum absolute atomic E-state index is 15.0. The number of hydrogen-bond donors (Lipinski definition) is 1. The zero-order chi connectivity index (χ0) is 33.5. The van der Waals surface area contributed by atoms with Gasteiger partial charge in [0.1, 0.15) is 30.0 Å². The van der Waals surface area contributed by atoms with Crippen molar-refractivity contribution in [1.29, 1.82) is 5.26 Å². The molecule has 2 aromatic carbocycles. The first kappa shape index (κ1) is 33.2. The maximum atomic E-state index is 15.0. The first-order valence-electron chi connectivity index (χ1n) is 16.4. The second-order valence-corrected chi connectivity index (χ2v) is 12.1. The number of piperazine rings is 1. The molecular weight excluding hydrogens is 619 g/mol. The number of alkyl halides is 1. The van der Waals surface area contributed by atoms with Crippen molar-refractivity contribution in [1.82, 2.24) is 24.8 Å². The topological polar surface area (TPSA) is 138 Å². The van der Waals surface area contributed by atoms with Crippen molar-refractivity contribution >= 4 is 23.4 Å². The van der Waals surface area contributed by atoms with Crippen LogP contribution in [0.1, 0.15) is 31.7 Å². The summed E-state index contributed by atoms with van der Waals surface area (Å²) in [4.78, 5) is 31.6. The Morgan fingerprint density at radius 1 is 1.10 bits per heavy atom. The summed E-state index contributed by atoms with van der Waals surface area (Å²) in [6, 6.07) is 13.5. The van der Waals surface area contributed by atoms with Crippen molar-refractivity contribution in [3.05, 3.63) is 48.3 Å². The van der Waals surface area contributed by atoms with Gasteiger partial charge in [-0.15, -0.1) is 0 Å². The quantitative estimate of drug-likeness (QED) is 0.292. The van der Waals surface area contributed by atoms with Crippen molar-refractivity contribution in [2.24, 2.45) is 0 Å². The van der Waals surface area contributed by atoms with Gasteiger partial charge in [-0.25, -0.2) is 19.2 Å². The Hall–Kier alpha value is -4.74. The Kier molecular flexibility index (Phi) is 10.7. The molecule has 4 heterocycles. The molecule has 254 valence electrons. The molecule has 0 saturated carbocycles. The van der Waals surface area contributed by atoms with Crippen molar-refractivity contribution in [3.8, 4) is 29.0 Å². The number of anilines is 3. The molecule has 1 N–H and O–H groups in total. The molecule has 3 aliphatic rings. The molecule has 3 saturated heterocycles. The molecule has 13 nitrogen and oxygen atoms in total. The van der Waals surface area contributed by atoms with Crippen LogP contribution >= 0.6 is 0 Å². The number of methoxy groups -OCH3 is 1. The van der Waals surface area contributed by atoms with E-state index in [1.165, 1.54) is 11.2 Å². The third-order valence-electron chi connectivity index (χ3n) is 8.90. The number of amides is 1. The van der Waals surface area contributed by atoms with Gasteiger partial charge >= 0.3 is 6.09 Å². The lowest BCUT2D eigenvalue weighted by Crippen LogP contribution is -2.56. The van der Waals surface area contributed by atoms with E-state index in [1.807, 2.05) is 25.1 Å². The van der Waals surface area contributed by atoms with Gasteiger partial charge in [-0.2, -0.15) is 10.2 Å². The molecule has 0 radical (unpaired) electrons. The van der Waals surface area contributed by atoms with Gasteiger partial charge in [-0.3, -0.25) is 4.90 Å². The SMILES string of the molecule is CCCCOC(=O)N1CCC(Oc2ccc(-c3ncnc(Nc4ccc(N5CCN(C6COC6)CC5)c(OC)c4)n3)cc2C#N)C(F)C1. The van der Waals surface area contributed by atoms with Crippen LogP contribution < -0.4 is 19.7 Å². The zero-order valence-corrected chi connectivity index (χ0v) is 27.3. The van der Waals surface area contributed by atoms with Gasteiger partial charge in [0.2, 0.25) is 5.95 Å². The zero-order valence-electron chi connectivity index (χ0n) is 27.3. The Morgan fingerprint density at radius 3 is 2.65 bits per heavy atom. The molecule has 0 spiro atoms. The predicted octanol–water partition coefficient (Wildman–Crippen LogP) is 4.41. The highest BCUT2D eigenvalue weighted by atomic mass is 19.1. The summed E-state index contributed by atoms with van der Waals surface area (Å²) in [5.74, 6) is 1.68. The predicted molar refractivity (Wildman–Crippen MR) is 176 cm³/mol. The Balaban J connectivity index is 1.08. The lowest BCUT2D eigenvalue weighted by molar-refractivity contribution is -0.0660. The third-order valence-corrected chi connectivity index (χ3v) is 8.90. The van der Waals surface area contributed by atoms with E-state index in [4.69, 9.17) is 18.9 Å². The number of carbonyl (C=O) groups is 1. The number of piperidine rings is 1. The van der Waals surface area contributed by atoms with Gasteiger partial charge in [0.15, 0.2) is 12.0 Å². The van der Waals surface area contributed by atoms with E-state index in [1.54, 1.807) is 25.3 Å². The van der Waals surface area contributed by atoms with Crippen LogP contribution in [0.3, 0.4) is 0 Å². The summed E-state index contributed by atoms with van der Waals surface area (Å²) < 4.78 is 37.3. The molecular formula is C34H41FN8O5. The third kappa shape index (κ3) is 7.69. The van der Waals surface area contributed by atoms with E-state index in [0.29, 0.717) is 36.5 Å². The number of unbranched alkanes of at least 4 members (excludes halogenated alkanes) is 1. The Labute approximate surface area is 279 Å². The minimum atomic E-state index is -1.42. The van der Waals surface area contributed by atoms with E-state index in [2.05, 4.69) is 36.1 Å². The van der Waals surface area contributed by atoms with Crippen molar-refractivity contribution in [2.45, 2.75) is 44.5 Å². The maximum Gasteiger partial charge on any atom is 0.409 e. The van der Waals surface area contributed by atoms with E-state index in [9.17, 15) is 10.1 Å². The summed E-state index contributed by atoms with van der Waals surface area (Å²) in [5, 5.41) is 13.1. The van der Waals surface area contributed by atoms with Crippen LogP contribution in [0.2, 0.25) is 0 Å². The molecule has 14 heteroatoms. The summed E-state index contributed by atoms with van der Waals surface area (Å²) in [5.41, 5.74) is 2.58. The van der Waals surface area contributed by atoms with E-state index in [0.717, 1.165) is 69.4 Å². The highest BCUT2D eigenvalue weighted by Crippen LogP contribution is 2.34. The Morgan fingerprint density at radius 2 is 1.94 bits per heavy atom. The minimum absolute atomic E-state index is 0.127. The molecule has 2 unspecified atom stereocenters. The summed E-state index contributed by atoms with van der Waals surface area (Å²) in [6.45, 7) is 7.93. The number of ether oxygens (including phenoxy) is 4. The van der Waals surface area contributed by atoms with Crippen LogP contribution in [0.15, 0.2) is 42.7 Å². The molecule has 0 bridgehead atoms. The van der Waals surface area contributed by atoms with E-state index >= 15 is 4.39 Å². The highest BCUT2D eigenvalue weighted by molar-refractivity contribution is 5.69. The number of benzene rings is 2. The minimum Gasteiger partial charge on any atom is -0.495 e. The lowest BCUT2D eigenvalue weighted by atomic mass is 10.1. The average Bonchev–Trinajstić information content (AvgIpc) is 3.09. The number of nitrogens with zero attached hydrogens (tertiary/aromatic N) is 7. The van der Waals surface area contributed by atoms with Crippen LogP contribution in [-0.4, -0.2) is 115 Å². The van der Waals surface area contributed by atoms with Crippen LogP contribution in [-0.2, 0) is 9.47 Å². The summed E-state index contributed by atoms with van der Waals surface area (Å²) in [6.07, 6.45) is 0.598. The second kappa shape index (κ2) is 15.4. The van der Waals surface area contributed by atoms with Crippen LogP contribution in [0, 0.1) is 11.3 Å². The monoisotopic (exact) mass is 660 g/mol. The lowest BCUT2D eigenvalue weighted by Gasteiger charge is -2.43. The van der Waals surface area contributed by atoms with Gasteiger partial charge in [0.05, 0.1) is 50.8 Å². The van der Waals surface area contributed by atoms with E-state index < -0.39 is 18.4 Å². The molecule has 3 aromatic rings. The molecule has 2 atom stereocenters. The molecule has 3 fully saturated rings. The fraction of sp³-hybridized carbons (Fsp3) is 0.500. The number of nitrogens with one attached hydrogen (secondary N) is 1. The number of likely N-dealkylation sites (tertiary alicyclic amines) is 1. The van der Waals surface area contributed by atoms with Gasteiger partial charge in [-0.1, -0.05) is 13.3 Å². The van der Waals surface area contributed by atoms with Gasteiger partial charge < -0.3 is 34.1 Å². The highest BCUT2D eigenvalue weighted by Gasteiger charge is 2.34. The molecule has 1 aromatic heterocycles. The van der Waals surface area contributed by atoms with Gasteiger partial charge in [-0.05, 0) is 36.8 Å². The number of nitriles is 1. The van der Waals surface area contributed by atoms with Gasteiger partial charge in [0.25, 0.3) is 0 Å². The normalized spacial score (nSPS) is 20.0. The molecule has 6 rings (SSSR count). The van der Waals surface area contributed by atoms with Crippen LogP contribution in [0.25, 0.3) is 11.4 Å². The van der Waals surface area contributed by atoms with Gasteiger partial charge in [0, 0.05) is 56.5 Å². The Bertz CT molecular complexity index is 1610. The first-order chi connectivity index (χ1) is 23.4. The number of aromatic nitrogens is 3. The molecule has 48 heavy (non-hydrogen) atoms. The van der Waals surface area contributed by atoms with Crippen molar-refractivity contribution < 1.29 is 28.1 Å². The van der Waals surface area contributed by atoms with Crippen LogP contribution in [0.5, 0.6) is 11.5 Å². The largest absolute Gasteiger partial charge is 0.495 e. The second-order valence-electron chi connectivity index (χ2n) is 12.1.